The summed E-state index contributed by atoms with van der Waals surface area (Å²) in [5.74, 6) is 1.75. The van der Waals surface area contributed by atoms with Crippen molar-refractivity contribution in [1.29, 1.82) is 0 Å². The summed E-state index contributed by atoms with van der Waals surface area (Å²) in [6.07, 6.45) is 2.28. The molecule has 0 bridgehead atoms. The van der Waals surface area contributed by atoms with Gasteiger partial charge in [0, 0.05) is 5.56 Å². The number of nitrogens with zero attached hydrogens (tertiary/aromatic N) is 1. The fourth-order valence-corrected chi connectivity index (χ4v) is 3.25. The van der Waals surface area contributed by atoms with E-state index in [0.29, 0.717) is 17.4 Å². The van der Waals surface area contributed by atoms with Crippen molar-refractivity contribution in [2.45, 2.75) is 32.7 Å². The molecular formula is C22H24N2O4. The average Bonchev–Trinajstić information content (AvgIpc) is 3.43. The van der Waals surface area contributed by atoms with Crippen LogP contribution < -0.4 is 14.8 Å². The molecule has 4 rings (SSSR count). The van der Waals surface area contributed by atoms with Crippen molar-refractivity contribution in [3.63, 3.8) is 0 Å². The standard InChI is InChI=1S/C22H24N2O4/c1-14-3-5-16(6-4-14)22(17-7-8-17)23-21(25)12-28-24-15(2)18-9-10-19-20(11-18)27-13-26-19/h3-6,9-11,17,22H,7-8,12-13H2,1-2H3,(H,23,25)/b24-15+. The molecule has 1 saturated carbocycles. The Morgan fingerprint density at radius 3 is 2.68 bits per heavy atom. The molecule has 0 aromatic heterocycles. The van der Waals surface area contributed by atoms with Crippen molar-refractivity contribution >= 4 is 11.6 Å². The van der Waals surface area contributed by atoms with E-state index in [1.807, 2.05) is 25.1 Å². The first-order chi connectivity index (χ1) is 13.6. The third kappa shape index (κ3) is 4.27. The number of aryl methyl sites for hydroxylation is 1. The van der Waals surface area contributed by atoms with E-state index in [1.165, 1.54) is 5.56 Å². The number of carbonyl (C=O) groups is 1. The van der Waals surface area contributed by atoms with Crippen molar-refractivity contribution in [2.24, 2.45) is 11.1 Å². The van der Waals surface area contributed by atoms with Crippen LogP contribution in [-0.4, -0.2) is 25.0 Å². The number of amides is 1. The molecular weight excluding hydrogens is 356 g/mol. The summed E-state index contributed by atoms with van der Waals surface area (Å²) in [5.41, 5.74) is 3.88. The SMILES string of the molecule is C/C(=N\OCC(=O)NC(c1ccc(C)cc1)C1CC1)c1ccc2c(c1)OCO2. The van der Waals surface area contributed by atoms with Gasteiger partial charge in [-0.3, -0.25) is 4.79 Å². The molecule has 1 N–H and O–H groups in total. The van der Waals surface area contributed by atoms with E-state index in [4.69, 9.17) is 14.3 Å². The van der Waals surface area contributed by atoms with E-state index in [2.05, 4.69) is 41.7 Å². The third-order valence-electron chi connectivity index (χ3n) is 5.03. The first kappa shape index (κ1) is 18.3. The minimum absolute atomic E-state index is 0.0376. The molecule has 6 heteroatoms. The molecule has 1 unspecified atom stereocenters. The molecule has 2 aromatic rings. The van der Waals surface area contributed by atoms with Gasteiger partial charge in [0.05, 0.1) is 11.8 Å². The highest BCUT2D eigenvalue weighted by molar-refractivity contribution is 5.99. The first-order valence-corrected chi connectivity index (χ1v) is 9.52. The highest BCUT2D eigenvalue weighted by Crippen LogP contribution is 2.41. The largest absolute Gasteiger partial charge is 0.454 e. The zero-order valence-corrected chi connectivity index (χ0v) is 16.1. The number of benzene rings is 2. The Bertz CT molecular complexity index is 888. The van der Waals surface area contributed by atoms with Crippen LogP contribution in [0.5, 0.6) is 11.5 Å². The first-order valence-electron chi connectivity index (χ1n) is 9.52. The van der Waals surface area contributed by atoms with E-state index in [1.54, 1.807) is 0 Å². The summed E-state index contributed by atoms with van der Waals surface area (Å²) >= 11 is 0. The van der Waals surface area contributed by atoms with E-state index in [-0.39, 0.29) is 25.3 Å². The molecule has 1 fully saturated rings. The highest BCUT2D eigenvalue weighted by atomic mass is 16.7. The third-order valence-corrected chi connectivity index (χ3v) is 5.03. The Labute approximate surface area is 164 Å². The zero-order chi connectivity index (χ0) is 19.5. The predicted octanol–water partition coefficient (Wildman–Crippen LogP) is 3.73. The van der Waals surface area contributed by atoms with Crippen LogP contribution in [0.2, 0.25) is 0 Å². The van der Waals surface area contributed by atoms with Gasteiger partial charge in [-0.25, -0.2) is 0 Å². The predicted molar refractivity (Wildman–Crippen MR) is 106 cm³/mol. The van der Waals surface area contributed by atoms with E-state index < -0.39 is 0 Å². The van der Waals surface area contributed by atoms with Crippen LogP contribution in [0.25, 0.3) is 0 Å². The van der Waals surface area contributed by atoms with Gasteiger partial charge in [-0.1, -0.05) is 35.0 Å². The Hall–Kier alpha value is -3.02. The van der Waals surface area contributed by atoms with E-state index in [9.17, 15) is 4.79 Å². The molecule has 1 aliphatic carbocycles. The monoisotopic (exact) mass is 380 g/mol. The fourth-order valence-electron chi connectivity index (χ4n) is 3.25. The Kier molecular flexibility index (Phi) is 5.19. The molecule has 0 radical (unpaired) electrons. The van der Waals surface area contributed by atoms with Gasteiger partial charge < -0.3 is 19.6 Å². The number of fused-ring (bicyclic) bond motifs is 1. The van der Waals surface area contributed by atoms with Crippen LogP contribution in [0.1, 0.15) is 42.5 Å². The van der Waals surface area contributed by atoms with Gasteiger partial charge in [0.1, 0.15) is 0 Å². The summed E-state index contributed by atoms with van der Waals surface area (Å²) in [4.78, 5) is 17.6. The number of ether oxygens (including phenoxy) is 2. The van der Waals surface area contributed by atoms with Gasteiger partial charge in [-0.05, 0) is 56.4 Å². The quantitative estimate of drug-likeness (QED) is 0.587. The molecule has 1 aliphatic heterocycles. The molecule has 6 nitrogen and oxygen atoms in total. The lowest BCUT2D eigenvalue weighted by Crippen LogP contribution is -2.32. The van der Waals surface area contributed by atoms with Gasteiger partial charge >= 0.3 is 0 Å². The van der Waals surface area contributed by atoms with Crippen LogP contribution in [0.3, 0.4) is 0 Å². The minimum Gasteiger partial charge on any atom is -0.454 e. The second-order valence-corrected chi connectivity index (χ2v) is 7.31. The van der Waals surface area contributed by atoms with Gasteiger partial charge in [0.15, 0.2) is 18.1 Å². The molecule has 2 aliphatic rings. The number of hydrogen-bond donors (Lipinski definition) is 1. The average molecular weight is 380 g/mol. The lowest BCUT2D eigenvalue weighted by atomic mass is 10.0. The topological polar surface area (TPSA) is 69.2 Å². The summed E-state index contributed by atoms with van der Waals surface area (Å²) in [6.45, 7) is 4.00. The van der Waals surface area contributed by atoms with Crippen molar-refractivity contribution in [1.82, 2.24) is 5.32 Å². The molecule has 1 atom stereocenters. The number of oxime groups is 1. The summed E-state index contributed by atoms with van der Waals surface area (Å²) < 4.78 is 10.7. The van der Waals surface area contributed by atoms with Crippen LogP contribution in [-0.2, 0) is 9.63 Å². The Balaban J connectivity index is 1.33. The smallest absolute Gasteiger partial charge is 0.261 e. The number of hydrogen-bond acceptors (Lipinski definition) is 5. The minimum atomic E-state index is -0.167. The molecule has 0 spiro atoms. The van der Waals surface area contributed by atoms with Crippen LogP contribution in [0, 0.1) is 12.8 Å². The van der Waals surface area contributed by atoms with Gasteiger partial charge in [0.2, 0.25) is 6.79 Å². The second kappa shape index (κ2) is 7.92. The summed E-state index contributed by atoms with van der Waals surface area (Å²) in [6, 6.07) is 13.9. The second-order valence-electron chi connectivity index (χ2n) is 7.31. The lowest BCUT2D eigenvalue weighted by molar-refractivity contribution is -0.126. The highest BCUT2D eigenvalue weighted by Gasteiger charge is 2.33. The number of rotatable bonds is 7. The van der Waals surface area contributed by atoms with Gasteiger partial charge in [0.25, 0.3) is 5.91 Å². The molecule has 0 saturated heterocycles. The van der Waals surface area contributed by atoms with Gasteiger partial charge in [-0.15, -0.1) is 0 Å². The molecule has 2 aromatic carbocycles. The fraction of sp³-hybridized carbons (Fsp3) is 0.364. The number of carbonyl (C=O) groups excluding carboxylic acids is 1. The molecule has 1 amide bonds. The number of nitrogens with one attached hydrogen (secondary N) is 1. The van der Waals surface area contributed by atoms with Crippen molar-refractivity contribution < 1.29 is 19.1 Å². The van der Waals surface area contributed by atoms with Crippen LogP contribution in [0.15, 0.2) is 47.6 Å². The summed E-state index contributed by atoms with van der Waals surface area (Å²) in [7, 11) is 0. The van der Waals surface area contributed by atoms with Crippen molar-refractivity contribution in [3.8, 4) is 11.5 Å². The summed E-state index contributed by atoms with van der Waals surface area (Å²) in [5, 5.41) is 7.16. The maximum absolute atomic E-state index is 12.4. The Morgan fingerprint density at radius 1 is 1.18 bits per heavy atom. The zero-order valence-electron chi connectivity index (χ0n) is 16.1. The van der Waals surface area contributed by atoms with Gasteiger partial charge in [-0.2, -0.15) is 0 Å². The normalized spacial score (nSPS) is 16.6. The molecule has 1 heterocycles. The molecule has 146 valence electrons. The lowest BCUT2D eigenvalue weighted by Gasteiger charge is -2.18. The van der Waals surface area contributed by atoms with Crippen molar-refractivity contribution in [2.75, 3.05) is 13.4 Å². The van der Waals surface area contributed by atoms with E-state index in [0.717, 1.165) is 29.7 Å². The van der Waals surface area contributed by atoms with Crippen LogP contribution in [0.4, 0.5) is 0 Å². The maximum Gasteiger partial charge on any atom is 0.261 e. The van der Waals surface area contributed by atoms with E-state index >= 15 is 0 Å². The van der Waals surface area contributed by atoms with Crippen LogP contribution >= 0.6 is 0 Å². The Morgan fingerprint density at radius 2 is 1.93 bits per heavy atom. The maximum atomic E-state index is 12.4. The molecule has 28 heavy (non-hydrogen) atoms. The van der Waals surface area contributed by atoms with Crippen molar-refractivity contribution in [3.05, 3.63) is 59.2 Å².